The fourth-order valence-corrected chi connectivity index (χ4v) is 5.71. The van der Waals surface area contributed by atoms with E-state index in [0.29, 0.717) is 43.8 Å². The molecule has 1 unspecified atom stereocenters. The van der Waals surface area contributed by atoms with Crippen molar-refractivity contribution in [3.8, 4) is 0 Å². The molecule has 4 rings (SSSR count). The number of fused-ring (bicyclic) bond motifs is 1. The third-order valence-corrected chi connectivity index (χ3v) is 7.48. The molecule has 2 N–H and O–H groups in total. The van der Waals surface area contributed by atoms with Crippen LogP contribution in [-0.2, 0) is 11.2 Å². The molecule has 0 aliphatic heterocycles. The van der Waals surface area contributed by atoms with Crippen molar-refractivity contribution < 1.29 is 9.59 Å². The van der Waals surface area contributed by atoms with Crippen molar-refractivity contribution in [2.24, 2.45) is 5.92 Å². The second-order valence-corrected chi connectivity index (χ2v) is 10.6. The number of aromatic nitrogens is 4. The van der Waals surface area contributed by atoms with Gasteiger partial charge in [-0.15, -0.1) is 21.5 Å². The molecular formula is C24H26N6O3S2. The minimum absolute atomic E-state index is 0.305. The number of para-hydroxylation sites is 1. The van der Waals surface area contributed by atoms with Crippen molar-refractivity contribution in [1.82, 2.24) is 19.7 Å². The van der Waals surface area contributed by atoms with Gasteiger partial charge < -0.3 is 5.32 Å². The zero-order valence-electron chi connectivity index (χ0n) is 19.9. The number of amides is 2. The predicted molar refractivity (Wildman–Crippen MR) is 139 cm³/mol. The van der Waals surface area contributed by atoms with Crippen molar-refractivity contribution in [2.75, 3.05) is 10.6 Å². The highest BCUT2D eigenvalue weighted by atomic mass is 32.1. The zero-order chi connectivity index (χ0) is 25.1. The molecule has 3 heterocycles. The van der Waals surface area contributed by atoms with Gasteiger partial charge in [0.1, 0.15) is 15.9 Å². The van der Waals surface area contributed by atoms with Crippen LogP contribution >= 0.6 is 22.7 Å². The van der Waals surface area contributed by atoms with E-state index < -0.39 is 6.04 Å². The fourth-order valence-electron chi connectivity index (χ4n) is 3.72. The standard InChI is InChI=1S/C24H26N6O3S2/c1-5-16(20(31)27-24-29-28-17(34-24)11-13(2)3)30-12-25-22-18(23(30)33)14(4)19(35-22)21(32)26-15-9-7-6-8-10-15/h6-10,12-13,16H,5,11H2,1-4H3,(H,26,32)(H,27,29,31). The number of rotatable bonds is 8. The molecule has 0 saturated heterocycles. The molecule has 182 valence electrons. The molecule has 35 heavy (non-hydrogen) atoms. The molecule has 0 saturated carbocycles. The fraction of sp³-hybridized carbons (Fsp3) is 0.333. The Hall–Kier alpha value is -3.44. The maximum atomic E-state index is 13.4. The van der Waals surface area contributed by atoms with Crippen LogP contribution in [-0.4, -0.2) is 31.6 Å². The van der Waals surface area contributed by atoms with Crippen LogP contribution in [0.2, 0.25) is 0 Å². The van der Waals surface area contributed by atoms with Gasteiger partial charge in [0.25, 0.3) is 11.5 Å². The summed E-state index contributed by atoms with van der Waals surface area (Å²) in [4.78, 5) is 44.6. The molecule has 0 spiro atoms. The van der Waals surface area contributed by atoms with Crippen LogP contribution in [0.5, 0.6) is 0 Å². The van der Waals surface area contributed by atoms with Crippen LogP contribution in [0.25, 0.3) is 10.2 Å². The van der Waals surface area contributed by atoms with Crippen molar-refractivity contribution in [3.05, 3.63) is 62.5 Å². The van der Waals surface area contributed by atoms with E-state index >= 15 is 0 Å². The van der Waals surface area contributed by atoms with Gasteiger partial charge in [0.15, 0.2) is 0 Å². The van der Waals surface area contributed by atoms with Gasteiger partial charge in [-0.25, -0.2) is 4.98 Å². The van der Waals surface area contributed by atoms with Gasteiger partial charge in [-0.2, -0.15) is 0 Å². The molecule has 3 aromatic heterocycles. The van der Waals surface area contributed by atoms with Crippen molar-refractivity contribution in [2.45, 2.75) is 46.6 Å². The number of carbonyl (C=O) groups excluding carboxylic acids is 2. The van der Waals surface area contributed by atoms with Crippen LogP contribution in [0.1, 0.15) is 53.5 Å². The van der Waals surface area contributed by atoms with E-state index in [0.717, 1.165) is 22.8 Å². The topological polar surface area (TPSA) is 119 Å². The molecule has 1 aromatic carbocycles. The summed E-state index contributed by atoms with van der Waals surface area (Å²) in [6.07, 6.45) is 2.53. The van der Waals surface area contributed by atoms with Gasteiger partial charge in [-0.3, -0.25) is 24.3 Å². The van der Waals surface area contributed by atoms with E-state index in [2.05, 4.69) is 39.7 Å². The normalized spacial score (nSPS) is 12.1. The highest BCUT2D eigenvalue weighted by Gasteiger charge is 2.25. The van der Waals surface area contributed by atoms with E-state index in [1.54, 1.807) is 19.1 Å². The lowest BCUT2D eigenvalue weighted by atomic mass is 10.1. The van der Waals surface area contributed by atoms with Crippen LogP contribution in [0, 0.1) is 12.8 Å². The van der Waals surface area contributed by atoms with Crippen LogP contribution in [0.3, 0.4) is 0 Å². The Labute approximate surface area is 210 Å². The van der Waals surface area contributed by atoms with Gasteiger partial charge in [0.05, 0.1) is 16.6 Å². The number of aryl methyl sites for hydroxylation is 1. The number of hydrogen-bond donors (Lipinski definition) is 2. The monoisotopic (exact) mass is 510 g/mol. The number of nitrogens with zero attached hydrogens (tertiary/aromatic N) is 4. The Kier molecular flexibility index (Phi) is 7.37. The maximum Gasteiger partial charge on any atom is 0.266 e. The van der Waals surface area contributed by atoms with E-state index in [4.69, 9.17) is 0 Å². The highest BCUT2D eigenvalue weighted by Crippen LogP contribution is 2.28. The summed E-state index contributed by atoms with van der Waals surface area (Å²) in [5, 5.41) is 15.4. The average molecular weight is 511 g/mol. The lowest BCUT2D eigenvalue weighted by Gasteiger charge is -2.16. The predicted octanol–water partition coefficient (Wildman–Crippen LogP) is 4.66. The van der Waals surface area contributed by atoms with Crippen LogP contribution < -0.4 is 16.2 Å². The molecular weight excluding hydrogens is 484 g/mol. The molecule has 2 amide bonds. The van der Waals surface area contributed by atoms with Crippen molar-refractivity contribution >= 4 is 55.5 Å². The largest absolute Gasteiger partial charge is 0.321 e. The van der Waals surface area contributed by atoms with Crippen LogP contribution in [0.4, 0.5) is 10.8 Å². The smallest absolute Gasteiger partial charge is 0.266 e. The molecule has 4 aromatic rings. The van der Waals surface area contributed by atoms with E-state index in [1.807, 2.05) is 25.1 Å². The first kappa shape index (κ1) is 24.7. The minimum atomic E-state index is -0.780. The van der Waals surface area contributed by atoms with Crippen LogP contribution in [0.15, 0.2) is 41.5 Å². The maximum absolute atomic E-state index is 13.4. The summed E-state index contributed by atoms with van der Waals surface area (Å²) in [6.45, 7) is 7.73. The SMILES string of the molecule is CCC(C(=O)Nc1nnc(CC(C)C)s1)n1cnc2sc(C(=O)Nc3ccccc3)c(C)c2c1=O. The Morgan fingerprint density at radius 3 is 2.51 bits per heavy atom. The molecule has 0 bridgehead atoms. The summed E-state index contributed by atoms with van der Waals surface area (Å²) in [6, 6.07) is 8.33. The van der Waals surface area contributed by atoms with Gasteiger partial charge in [-0.1, -0.05) is 50.3 Å². The lowest BCUT2D eigenvalue weighted by Crippen LogP contribution is -2.33. The average Bonchev–Trinajstić information content (AvgIpc) is 3.40. The summed E-state index contributed by atoms with van der Waals surface area (Å²) in [5.41, 5.74) is 0.848. The highest BCUT2D eigenvalue weighted by molar-refractivity contribution is 7.20. The van der Waals surface area contributed by atoms with E-state index in [1.165, 1.54) is 22.2 Å². The Morgan fingerprint density at radius 2 is 1.83 bits per heavy atom. The molecule has 0 aliphatic rings. The number of anilines is 2. The van der Waals surface area contributed by atoms with Crippen molar-refractivity contribution in [1.29, 1.82) is 0 Å². The second-order valence-electron chi connectivity index (χ2n) is 8.53. The second kappa shape index (κ2) is 10.4. The van der Waals surface area contributed by atoms with Gasteiger partial charge in [0.2, 0.25) is 11.0 Å². The molecule has 0 aliphatic carbocycles. The van der Waals surface area contributed by atoms with Gasteiger partial charge >= 0.3 is 0 Å². The Balaban J connectivity index is 1.60. The molecule has 0 fully saturated rings. The minimum Gasteiger partial charge on any atom is -0.321 e. The number of carbonyl (C=O) groups is 2. The third kappa shape index (κ3) is 5.30. The first-order valence-corrected chi connectivity index (χ1v) is 12.9. The first-order chi connectivity index (χ1) is 16.8. The quantitative estimate of drug-likeness (QED) is 0.356. The number of thiophene rings is 1. The molecule has 1 atom stereocenters. The number of hydrogen-bond acceptors (Lipinski definition) is 8. The van der Waals surface area contributed by atoms with Crippen molar-refractivity contribution in [3.63, 3.8) is 0 Å². The Bertz CT molecular complexity index is 1420. The van der Waals surface area contributed by atoms with Gasteiger partial charge in [-0.05, 0) is 37.0 Å². The third-order valence-electron chi connectivity index (χ3n) is 5.42. The summed E-state index contributed by atoms with van der Waals surface area (Å²) in [7, 11) is 0. The summed E-state index contributed by atoms with van der Waals surface area (Å²) < 4.78 is 1.33. The Morgan fingerprint density at radius 1 is 1.09 bits per heavy atom. The summed E-state index contributed by atoms with van der Waals surface area (Å²) >= 11 is 2.49. The lowest BCUT2D eigenvalue weighted by molar-refractivity contribution is -0.119. The molecule has 0 radical (unpaired) electrons. The van der Waals surface area contributed by atoms with E-state index in [-0.39, 0.29) is 17.4 Å². The molecule has 11 heteroatoms. The first-order valence-electron chi connectivity index (χ1n) is 11.3. The van der Waals surface area contributed by atoms with E-state index in [9.17, 15) is 14.4 Å². The summed E-state index contributed by atoms with van der Waals surface area (Å²) in [5.74, 6) is -0.237. The molecule has 9 nitrogen and oxygen atoms in total. The number of benzene rings is 1. The van der Waals surface area contributed by atoms with Gasteiger partial charge in [0, 0.05) is 12.1 Å². The zero-order valence-corrected chi connectivity index (χ0v) is 21.5. The number of nitrogens with one attached hydrogen (secondary N) is 2.